The van der Waals surface area contributed by atoms with Crippen molar-refractivity contribution in [3.8, 4) is 5.75 Å². The Labute approximate surface area is 139 Å². The molecule has 0 aromatic heterocycles. The SMILES string of the molecule is CN(CC1CC(O)C1)C(=O)Nc1ccc(OC(F)(F)F)cc1Br. The van der Waals surface area contributed by atoms with Gasteiger partial charge in [0.05, 0.1) is 11.8 Å². The third-order valence-electron chi connectivity index (χ3n) is 3.51. The van der Waals surface area contributed by atoms with Crippen LogP contribution >= 0.6 is 15.9 Å². The maximum atomic E-state index is 12.1. The first kappa shape index (κ1) is 17.9. The highest BCUT2D eigenvalue weighted by molar-refractivity contribution is 9.10. The number of ether oxygens (including phenoxy) is 1. The molecule has 1 aromatic carbocycles. The van der Waals surface area contributed by atoms with E-state index >= 15 is 0 Å². The van der Waals surface area contributed by atoms with E-state index in [-0.39, 0.29) is 28.3 Å². The summed E-state index contributed by atoms with van der Waals surface area (Å²) >= 11 is 3.10. The number of halogens is 4. The Kier molecular flexibility index (Phi) is 5.41. The van der Waals surface area contributed by atoms with Crippen LogP contribution in [0.1, 0.15) is 12.8 Å². The maximum Gasteiger partial charge on any atom is 0.573 e. The number of alkyl halides is 3. The van der Waals surface area contributed by atoms with E-state index < -0.39 is 6.36 Å². The van der Waals surface area contributed by atoms with Gasteiger partial charge in [0.15, 0.2) is 0 Å². The first-order chi connectivity index (χ1) is 10.6. The fourth-order valence-corrected chi connectivity index (χ4v) is 2.78. The molecular formula is C14H16BrF3N2O3. The maximum absolute atomic E-state index is 12.1. The van der Waals surface area contributed by atoms with Crippen LogP contribution in [0.5, 0.6) is 5.75 Å². The van der Waals surface area contributed by atoms with Gasteiger partial charge in [-0.15, -0.1) is 13.2 Å². The van der Waals surface area contributed by atoms with Crippen LogP contribution in [0.15, 0.2) is 22.7 Å². The minimum absolute atomic E-state index is 0.270. The Morgan fingerprint density at radius 3 is 2.65 bits per heavy atom. The number of aliphatic hydroxyl groups excluding tert-OH is 1. The Hall–Kier alpha value is -1.48. The average molecular weight is 397 g/mol. The quantitative estimate of drug-likeness (QED) is 0.817. The average Bonchev–Trinajstić information content (AvgIpc) is 2.38. The molecule has 9 heteroatoms. The summed E-state index contributed by atoms with van der Waals surface area (Å²) in [6.45, 7) is 0.510. The second-order valence-corrected chi connectivity index (χ2v) is 6.35. The van der Waals surface area contributed by atoms with Gasteiger partial charge >= 0.3 is 12.4 Å². The van der Waals surface area contributed by atoms with Gasteiger partial charge in [-0.25, -0.2) is 4.79 Å². The fraction of sp³-hybridized carbons (Fsp3) is 0.500. The molecule has 0 saturated heterocycles. The predicted octanol–water partition coefficient (Wildman–Crippen LogP) is 3.58. The van der Waals surface area contributed by atoms with Crippen LogP contribution in [0.2, 0.25) is 0 Å². The van der Waals surface area contributed by atoms with E-state index in [1.54, 1.807) is 7.05 Å². The smallest absolute Gasteiger partial charge is 0.406 e. The van der Waals surface area contributed by atoms with Crippen molar-refractivity contribution in [2.75, 3.05) is 18.9 Å². The van der Waals surface area contributed by atoms with Gasteiger partial charge in [0, 0.05) is 18.1 Å². The molecule has 0 radical (unpaired) electrons. The molecule has 0 atom stereocenters. The monoisotopic (exact) mass is 396 g/mol. The first-order valence-corrected chi connectivity index (χ1v) is 7.69. The number of hydrogen-bond acceptors (Lipinski definition) is 3. The van der Waals surface area contributed by atoms with E-state index in [0.29, 0.717) is 25.1 Å². The zero-order valence-electron chi connectivity index (χ0n) is 12.2. The molecular weight excluding hydrogens is 381 g/mol. The lowest BCUT2D eigenvalue weighted by Gasteiger charge is -2.34. The highest BCUT2D eigenvalue weighted by Crippen LogP contribution is 2.31. The largest absolute Gasteiger partial charge is 0.573 e. The number of nitrogens with one attached hydrogen (secondary N) is 1. The summed E-state index contributed by atoms with van der Waals surface area (Å²) in [5.74, 6) is -0.106. The minimum atomic E-state index is -4.77. The number of carbonyl (C=O) groups is 1. The molecule has 0 spiro atoms. The van der Waals surface area contributed by atoms with Crippen molar-refractivity contribution in [3.05, 3.63) is 22.7 Å². The highest BCUT2D eigenvalue weighted by Gasteiger charge is 2.31. The van der Waals surface area contributed by atoms with Crippen LogP contribution < -0.4 is 10.1 Å². The van der Waals surface area contributed by atoms with E-state index in [2.05, 4.69) is 26.0 Å². The lowest BCUT2D eigenvalue weighted by Crippen LogP contribution is -2.41. The minimum Gasteiger partial charge on any atom is -0.406 e. The molecule has 2 N–H and O–H groups in total. The number of carbonyl (C=O) groups excluding carboxylic acids is 1. The number of anilines is 1. The molecule has 2 amide bonds. The normalized spacial score (nSPS) is 20.6. The van der Waals surface area contributed by atoms with Gasteiger partial charge < -0.3 is 20.1 Å². The summed E-state index contributed by atoms with van der Waals surface area (Å²) in [4.78, 5) is 13.5. The lowest BCUT2D eigenvalue weighted by molar-refractivity contribution is -0.274. The van der Waals surface area contributed by atoms with Crippen molar-refractivity contribution >= 4 is 27.6 Å². The number of benzene rings is 1. The Morgan fingerprint density at radius 1 is 1.48 bits per heavy atom. The summed E-state index contributed by atoms with van der Waals surface area (Å²) in [7, 11) is 1.62. The van der Waals surface area contributed by atoms with Crippen LogP contribution in [0.25, 0.3) is 0 Å². The van der Waals surface area contributed by atoms with Crippen molar-refractivity contribution in [2.24, 2.45) is 5.92 Å². The number of nitrogens with zero attached hydrogens (tertiary/aromatic N) is 1. The molecule has 2 rings (SSSR count). The van der Waals surface area contributed by atoms with E-state index in [1.165, 1.54) is 11.0 Å². The molecule has 5 nitrogen and oxygen atoms in total. The second-order valence-electron chi connectivity index (χ2n) is 5.49. The predicted molar refractivity (Wildman–Crippen MR) is 81.2 cm³/mol. The lowest BCUT2D eigenvalue weighted by atomic mass is 9.82. The molecule has 23 heavy (non-hydrogen) atoms. The Bertz CT molecular complexity index is 577. The zero-order valence-corrected chi connectivity index (χ0v) is 13.8. The van der Waals surface area contributed by atoms with Crippen molar-refractivity contribution in [2.45, 2.75) is 25.3 Å². The van der Waals surface area contributed by atoms with Gasteiger partial charge in [0.2, 0.25) is 0 Å². The standard InChI is InChI=1S/C14H16BrF3N2O3/c1-20(7-8-4-9(21)5-8)13(22)19-12-3-2-10(6-11(12)15)23-14(16,17)18/h2-3,6,8-9,21H,4-5,7H2,1H3,(H,19,22). The number of urea groups is 1. The van der Waals surface area contributed by atoms with Crippen LogP contribution in [-0.2, 0) is 0 Å². The van der Waals surface area contributed by atoms with Gasteiger partial charge in [-0.1, -0.05) is 0 Å². The topological polar surface area (TPSA) is 61.8 Å². The summed E-state index contributed by atoms with van der Waals surface area (Å²) in [6.07, 6.45) is -3.71. The van der Waals surface area contributed by atoms with Crippen molar-refractivity contribution in [1.82, 2.24) is 4.90 Å². The number of aliphatic hydroxyl groups is 1. The first-order valence-electron chi connectivity index (χ1n) is 6.89. The number of hydrogen-bond donors (Lipinski definition) is 2. The van der Waals surface area contributed by atoms with Gasteiger partial charge in [-0.05, 0) is 52.9 Å². The summed E-state index contributed by atoms with van der Waals surface area (Å²) in [5.41, 5.74) is 0.338. The summed E-state index contributed by atoms with van der Waals surface area (Å²) in [5, 5.41) is 11.8. The molecule has 0 bridgehead atoms. The third-order valence-corrected chi connectivity index (χ3v) is 4.16. The number of amides is 2. The van der Waals surface area contributed by atoms with Gasteiger partial charge in [0.1, 0.15) is 5.75 Å². The molecule has 128 valence electrons. The van der Waals surface area contributed by atoms with E-state index in [0.717, 1.165) is 12.1 Å². The molecule has 1 fully saturated rings. The molecule has 1 aromatic rings. The van der Waals surface area contributed by atoms with Crippen LogP contribution in [-0.4, -0.2) is 42.1 Å². The van der Waals surface area contributed by atoms with E-state index in [4.69, 9.17) is 0 Å². The second kappa shape index (κ2) is 6.96. The van der Waals surface area contributed by atoms with Crippen LogP contribution in [0.3, 0.4) is 0 Å². The third kappa shape index (κ3) is 5.28. The molecule has 1 saturated carbocycles. The van der Waals surface area contributed by atoms with Crippen LogP contribution in [0.4, 0.5) is 23.7 Å². The van der Waals surface area contributed by atoms with Gasteiger partial charge in [-0.2, -0.15) is 0 Å². The highest BCUT2D eigenvalue weighted by atomic mass is 79.9. The molecule has 0 aliphatic heterocycles. The zero-order chi connectivity index (χ0) is 17.2. The van der Waals surface area contributed by atoms with Crippen molar-refractivity contribution in [1.29, 1.82) is 0 Å². The summed E-state index contributed by atoms with van der Waals surface area (Å²) < 4.78 is 40.5. The van der Waals surface area contributed by atoms with Gasteiger partial charge in [0.25, 0.3) is 0 Å². The Balaban J connectivity index is 1.92. The van der Waals surface area contributed by atoms with Gasteiger partial charge in [-0.3, -0.25) is 0 Å². The molecule has 0 unspecified atom stereocenters. The molecule has 0 heterocycles. The molecule has 1 aliphatic carbocycles. The molecule has 1 aliphatic rings. The van der Waals surface area contributed by atoms with Crippen LogP contribution in [0, 0.1) is 5.92 Å². The van der Waals surface area contributed by atoms with E-state index in [1.807, 2.05) is 0 Å². The van der Waals surface area contributed by atoms with Crippen molar-refractivity contribution < 1.29 is 27.8 Å². The van der Waals surface area contributed by atoms with Crippen molar-refractivity contribution in [3.63, 3.8) is 0 Å². The number of rotatable bonds is 4. The summed E-state index contributed by atoms with van der Waals surface area (Å²) in [6, 6.07) is 3.20. The fourth-order valence-electron chi connectivity index (χ4n) is 2.32. The Morgan fingerprint density at radius 2 is 2.13 bits per heavy atom. The van der Waals surface area contributed by atoms with E-state index in [9.17, 15) is 23.1 Å².